The Morgan fingerprint density at radius 1 is 1.09 bits per heavy atom. The van der Waals surface area contributed by atoms with Crippen LogP contribution in [-0.2, 0) is 6.18 Å². The summed E-state index contributed by atoms with van der Waals surface area (Å²) in [6.07, 6.45) is -4.39. The summed E-state index contributed by atoms with van der Waals surface area (Å²) in [5, 5.41) is 16.3. The largest absolute Gasteiger partial charge is 0.478 e. The van der Waals surface area contributed by atoms with E-state index in [-0.39, 0.29) is 5.56 Å². The Bertz CT molecular complexity index is 851. The molecule has 2 aromatic carbocycles. The third-order valence-corrected chi connectivity index (χ3v) is 3.30. The van der Waals surface area contributed by atoms with Crippen LogP contribution in [0.5, 0.6) is 0 Å². The van der Waals surface area contributed by atoms with Gasteiger partial charge in [0.1, 0.15) is 0 Å². The first-order valence-electron chi connectivity index (χ1n) is 6.25. The summed E-state index contributed by atoms with van der Waals surface area (Å²) >= 11 is 0. The fourth-order valence-corrected chi connectivity index (χ4v) is 2.19. The van der Waals surface area contributed by atoms with E-state index in [0.29, 0.717) is 22.2 Å². The maximum atomic E-state index is 12.6. The van der Waals surface area contributed by atoms with E-state index in [1.54, 1.807) is 6.07 Å². The number of H-pyrrole nitrogens is 1. The summed E-state index contributed by atoms with van der Waals surface area (Å²) in [6.45, 7) is 0. The minimum Gasteiger partial charge on any atom is -0.478 e. The average molecular weight is 306 g/mol. The van der Waals surface area contributed by atoms with Crippen molar-refractivity contribution in [2.24, 2.45) is 0 Å². The SMILES string of the molecule is O=C(O)c1ccc2c(-c3ccc(C(F)(F)F)cc3)n[nH]c2c1. The molecule has 3 aromatic rings. The van der Waals surface area contributed by atoms with Crippen molar-refractivity contribution in [3.8, 4) is 11.3 Å². The minimum absolute atomic E-state index is 0.107. The van der Waals surface area contributed by atoms with E-state index in [1.165, 1.54) is 24.3 Å². The standard InChI is InChI=1S/C15H9F3N2O2/c16-15(17,18)10-4-1-8(2-5-10)13-11-6-3-9(14(21)22)7-12(11)19-20-13/h1-7H,(H,19,20)(H,21,22). The molecule has 0 aliphatic heterocycles. The van der Waals surface area contributed by atoms with Gasteiger partial charge in [0.05, 0.1) is 22.3 Å². The maximum absolute atomic E-state index is 12.6. The topological polar surface area (TPSA) is 66.0 Å². The maximum Gasteiger partial charge on any atom is 0.416 e. The molecule has 7 heteroatoms. The van der Waals surface area contributed by atoms with Crippen LogP contribution in [0.2, 0.25) is 0 Å². The van der Waals surface area contributed by atoms with E-state index >= 15 is 0 Å². The molecule has 22 heavy (non-hydrogen) atoms. The molecule has 1 aromatic heterocycles. The number of carboxylic acid groups (broad SMARTS) is 1. The number of aromatic amines is 1. The summed E-state index contributed by atoms with van der Waals surface area (Å²) in [5.74, 6) is -1.06. The van der Waals surface area contributed by atoms with Gasteiger partial charge in [0.15, 0.2) is 0 Å². The first-order valence-corrected chi connectivity index (χ1v) is 6.25. The molecule has 0 fully saturated rings. The zero-order valence-electron chi connectivity index (χ0n) is 11.0. The lowest BCUT2D eigenvalue weighted by atomic mass is 10.0. The van der Waals surface area contributed by atoms with Crippen molar-refractivity contribution in [3.05, 3.63) is 53.6 Å². The van der Waals surface area contributed by atoms with Crippen LogP contribution in [-0.4, -0.2) is 21.3 Å². The summed E-state index contributed by atoms with van der Waals surface area (Å²) in [7, 11) is 0. The highest BCUT2D eigenvalue weighted by Crippen LogP contribution is 2.32. The Balaban J connectivity index is 2.05. The molecule has 3 rings (SSSR count). The van der Waals surface area contributed by atoms with Crippen molar-refractivity contribution >= 4 is 16.9 Å². The quantitative estimate of drug-likeness (QED) is 0.753. The summed E-state index contributed by atoms with van der Waals surface area (Å²) in [4.78, 5) is 10.9. The van der Waals surface area contributed by atoms with Gasteiger partial charge >= 0.3 is 12.1 Å². The van der Waals surface area contributed by atoms with E-state index in [2.05, 4.69) is 10.2 Å². The monoisotopic (exact) mass is 306 g/mol. The molecular formula is C15H9F3N2O2. The molecule has 0 unspecified atom stereocenters. The molecule has 0 spiro atoms. The molecule has 0 bridgehead atoms. The van der Waals surface area contributed by atoms with Gasteiger partial charge in [-0.05, 0) is 30.3 Å². The number of rotatable bonds is 2. The number of halogens is 3. The Kier molecular flexibility index (Phi) is 3.13. The molecule has 0 amide bonds. The van der Waals surface area contributed by atoms with E-state index in [4.69, 9.17) is 5.11 Å². The first-order chi connectivity index (χ1) is 10.4. The van der Waals surface area contributed by atoms with Gasteiger partial charge in [0.2, 0.25) is 0 Å². The van der Waals surface area contributed by atoms with Gasteiger partial charge < -0.3 is 5.11 Å². The van der Waals surface area contributed by atoms with Gasteiger partial charge in [-0.2, -0.15) is 18.3 Å². The van der Waals surface area contributed by atoms with Gasteiger partial charge in [0.25, 0.3) is 0 Å². The molecule has 0 atom stereocenters. The number of hydrogen-bond acceptors (Lipinski definition) is 2. The van der Waals surface area contributed by atoms with Crippen molar-refractivity contribution in [1.29, 1.82) is 0 Å². The van der Waals surface area contributed by atoms with Crippen LogP contribution < -0.4 is 0 Å². The van der Waals surface area contributed by atoms with E-state index in [1.807, 2.05) is 0 Å². The van der Waals surface area contributed by atoms with Crippen LogP contribution in [0.1, 0.15) is 15.9 Å². The number of nitrogens with zero attached hydrogens (tertiary/aromatic N) is 1. The van der Waals surface area contributed by atoms with Crippen LogP contribution in [0.4, 0.5) is 13.2 Å². The number of carbonyl (C=O) groups is 1. The van der Waals surface area contributed by atoms with Crippen LogP contribution in [0, 0.1) is 0 Å². The van der Waals surface area contributed by atoms with Crippen molar-refractivity contribution in [2.45, 2.75) is 6.18 Å². The van der Waals surface area contributed by atoms with Crippen LogP contribution in [0.3, 0.4) is 0 Å². The fourth-order valence-electron chi connectivity index (χ4n) is 2.19. The number of carboxylic acids is 1. The minimum atomic E-state index is -4.39. The van der Waals surface area contributed by atoms with E-state index in [9.17, 15) is 18.0 Å². The number of alkyl halides is 3. The van der Waals surface area contributed by atoms with E-state index < -0.39 is 17.7 Å². The number of aromatic carboxylic acids is 1. The molecule has 0 saturated carbocycles. The van der Waals surface area contributed by atoms with Crippen LogP contribution >= 0.6 is 0 Å². The summed E-state index contributed by atoms with van der Waals surface area (Å²) < 4.78 is 37.7. The van der Waals surface area contributed by atoms with Gasteiger partial charge in [-0.25, -0.2) is 4.79 Å². The second kappa shape index (κ2) is 4.87. The number of nitrogens with one attached hydrogen (secondary N) is 1. The molecule has 0 saturated heterocycles. The van der Waals surface area contributed by atoms with Crippen LogP contribution in [0.25, 0.3) is 22.2 Å². The van der Waals surface area contributed by atoms with E-state index in [0.717, 1.165) is 12.1 Å². The Morgan fingerprint density at radius 2 is 1.77 bits per heavy atom. The van der Waals surface area contributed by atoms with Crippen LogP contribution in [0.15, 0.2) is 42.5 Å². The first kappa shape index (κ1) is 14.1. The second-order valence-electron chi connectivity index (χ2n) is 4.71. The van der Waals surface area contributed by atoms with Crippen molar-refractivity contribution in [1.82, 2.24) is 10.2 Å². The Morgan fingerprint density at radius 3 is 2.36 bits per heavy atom. The Labute approximate surface area is 122 Å². The highest BCUT2D eigenvalue weighted by molar-refractivity contribution is 5.98. The number of aromatic nitrogens is 2. The highest BCUT2D eigenvalue weighted by atomic mass is 19.4. The molecular weight excluding hydrogens is 297 g/mol. The summed E-state index contributed by atoms with van der Waals surface area (Å²) in [5.41, 5.74) is 0.872. The number of benzene rings is 2. The lowest BCUT2D eigenvalue weighted by molar-refractivity contribution is -0.137. The molecule has 4 nitrogen and oxygen atoms in total. The third-order valence-electron chi connectivity index (χ3n) is 3.30. The average Bonchev–Trinajstić information content (AvgIpc) is 2.89. The summed E-state index contributed by atoms with van der Waals surface area (Å²) in [6, 6.07) is 9.08. The molecule has 112 valence electrons. The molecule has 1 heterocycles. The van der Waals surface area contributed by atoms with Crippen molar-refractivity contribution in [2.75, 3.05) is 0 Å². The Hall–Kier alpha value is -2.83. The zero-order chi connectivity index (χ0) is 15.9. The predicted molar refractivity (Wildman–Crippen MR) is 73.5 cm³/mol. The fraction of sp³-hybridized carbons (Fsp3) is 0.0667. The van der Waals surface area contributed by atoms with Gasteiger partial charge in [0, 0.05) is 10.9 Å². The van der Waals surface area contributed by atoms with Crippen molar-refractivity contribution < 1.29 is 23.1 Å². The lowest BCUT2D eigenvalue weighted by Crippen LogP contribution is -2.04. The lowest BCUT2D eigenvalue weighted by Gasteiger charge is -2.06. The second-order valence-corrected chi connectivity index (χ2v) is 4.71. The third kappa shape index (κ3) is 2.41. The molecule has 0 radical (unpaired) electrons. The molecule has 0 aliphatic rings. The van der Waals surface area contributed by atoms with Crippen molar-refractivity contribution in [3.63, 3.8) is 0 Å². The molecule has 0 aliphatic carbocycles. The number of fused-ring (bicyclic) bond motifs is 1. The highest BCUT2D eigenvalue weighted by Gasteiger charge is 2.30. The zero-order valence-corrected chi connectivity index (χ0v) is 11.0. The molecule has 2 N–H and O–H groups in total. The smallest absolute Gasteiger partial charge is 0.416 e. The van der Waals surface area contributed by atoms with Gasteiger partial charge in [-0.3, -0.25) is 5.10 Å². The number of hydrogen-bond donors (Lipinski definition) is 2. The van der Waals surface area contributed by atoms with Gasteiger partial charge in [-0.1, -0.05) is 12.1 Å². The predicted octanol–water partition coefficient (Wildman–Crippen LogP) is 3.95. The van der Waals surface area contributed by atoms with Gasteiger partial charge in [-0.15, -0.1) is 0 Å². The normalized spacial score (nSPS) is 11.8.